The van der Waals surface area contributed by atoms with Gasteiger partial charge >= 0.3 is 0 Å². The molecule has 1 aliphatic rings. The Morgan fingerprint density at radius 2 is 1.93 bits per heavy atom. The Morgan fingerprint density at radius 3 is 2.78 bits per heavy atom. The lowest BCUT2D eigenvalue weighted by molar-refractivity contribution is 0.271. The van der Waals surface area contributed by atoms with E-state index < -0.39 is 0 Å². The number of H-pyrrole nitrogens is 1. The highest BCUT2D eigenvalue weighted by molar-refractivity contribution is 5.87. The molecule has 2 aromatic heterocycles. The first-order valence-corrected chi connectivity index (χ1v) is 9.84. The largest absolute Gasteiger partial charge is 0.342 e. The predicted octanol–water partition coefficient (Wildman–Crippen LogP) is 4.80. The molecule has 4 nitrogen and oxygen atoms in total. The second-order valence-corrected chi connectivity index (χ2v) is 7.60. The fourth-order valence-electron chi connectivity index (χ4n) is 4.19. The number of nitrogens with zero attached hydrogens (tertiary/aromatic N) is 3. The van der Waals surface area contributed by atoms with Gasteiger partial charge in [0.1, 0.15) is 5.82 Å². The SMILES string of the molecule is CC1CCCN1CCc1nc2ccc(-c3ccc4ncccc4c3)cc2[nH]1. The Bertz CT molecular complexity index is 1100. The molecule has 1 aliphatic heterocycles. The highest BCUT2D eigenvalue weighted by Gasteiger charge is 2.19. The fraction of sp³-hybridized carbons (Fsp3) is 0.304. The Morgan fingerprint density at radius 1 is 1.07 bits per heavy atom. The van der Waals surface area contributed by atoms with Crippen molar-refractivity contribution in [3.8, 4) is 11.1 Å². The van der Waals surface area contributed by atoms with Gasteiger partial charge in [0, 0.05) is 30.6 Å². The molecule has 1 atom stereocenters. The molecule has 3 heterocycles. The molecule has 0 radical (unpaired) electrons. The molecule has 0 aliphatic carbocycles. The Hall–Kier alpha value is -2.72. The first kappa shape index (κ1) is 16.5. The molecule has 4 aromatic rings. The molecule has 2 aromatic carbocycles. The number of rotatable bonds is 4. The third-order valence-electron chi connectivity index (χ3n) is 5.79. The molecule has 0 saturated carbocycles. The molecule has 136 valence electrons. The number of fused-ring (bicyclic) bond motifs is 2. The summed E-state index contributed by atoms with van der Waals surface area (Å²) in [7, 11) is 0. The van der Waals surface area contributed by atoms with E-state index in [9.17, 15) is 0 Å². The summed E-state index contributed by atoms with van der Waals surface area (Å²) in [5.41, 5.74) is 5.60. The normalized spacial score (nSPS) is 17.9. The molecule has 0 spiro atoms. The van der Waals surface area contributed by atoms with Crippen molar-refractivity contribution in [3.63, 3.8) is 0 Å². The lowest BCUT2D eigenvalue weighted by Crippen LogP contribution is -2.29. The van der Waals surface area contributed by atoms with Crippen molar-refractivity contribution in [2.75, 3.05) is 13.1 Å². The Labute approximate surface area is 159 Å². The van der Waals surface area contributed by atoms with Gasteiger partial charge in [0.05, 0.1) is 16.6 Å². The number of nitrogens with one attached hydrogen (secondary N) is 1. The number of hydrogen-bond acceptors (Lipinski definition) is 3. The summed E-state index contributed by atoms with van der Waals surface area (Å²) in [5, 5.41) is 1.17. The van der Waals surface area contributed by atoms with Crippen LogP contribution in [0.5, 0.6) is 0 Å². The van der Waals surface area contributed by atoms with Crippen molar-refractivity contribution in [2.24, 2.45) is 0 Å². The number of likely N-dealkylation sites (tertiary alicyclic amines) is 1. The average molecular weight is 356 g/mol. The highest BCUT2D eigenvalue weighted by atomic mass is 15.2. The standard InChI is InChI=1S/C23H24N4/c1-16-4-3-12-27(16)13-10-23-25-21-9-7-18(15-22(21)26-23)17-6-8-20-19(14-17)5-2-11-24-20/h2,5-9,11,14-16H,3-4,10,12-13H2,1H3,(H,25,26). The van der Waals surface area contributed by atoms with Crippen LogP contribution in [0.3, 0.4) is 0 Å². The molecule has 1 unspecified atom stereocenters. The van der Waals surface area contributed by atoms with Gasteiger partial charge in [-0.05, 0) is 67.8 Å². The quantitative estimate of drug-likeness (QED) is 0.571. The van der Waals surface area contributed by atoms with Gasteiger partial charge in [-0.15, -0.1) is 0 Å². The molecule has 1 saturated heterocycles. The highest BCUT2D eigenvalue weighted by Crippen LogP contribution is 2.26. The lowest BCUT2D eigenvalue weighted by Gasteiger charge is -2.19. The van der Waals surface area contributed by atoms with E-state index in [1.165, 1.54) is 35.9 Å². The monoisotopic (exact) mass is 356 g/mol. The first-order chi connectivity index (χ1) is 13.3. The predicted molar refractivity (Wildman–Crippen MR) is 111 cm³/mol. The van der Waals surface area contributed by atoms with E-state index in [0.29, 0.717) is 6.04 Å². The molecule has 0 amide bonds. The van der Waals surface area contributed by atoms with Crippen LogP contribution in [-0.4, -0.2) is 39.0 Å². The van der Waals surface area contributed by atoms with E-state index in [1.54, 1.807) is 0 Å². The summed E-state index contributed by atoms with van der Waals surface area (Å²) in [6, 6.07) is 17.7. The maximum atomic E-state index is 4.79. The van der Waals surface area contributed by atoms with Crippen LogP contribution in [0.2, 0.25) is 0 Å². The minimum Gasteiger partial charge on any atom is -0.342 e. The van der Waals surface area contributed by atoms with E-state index in [0.717, 1.165) is 35.3 Å². The van der Waals surface area contributed by atoms with Crippen molar-refractivity contribution >= 4 is 21.9 Å². The van der Waals surface area contributed by atoms with E-state index in [2.05, 4.69) is 64.3 Å². The molecule has 1 fully saturated rings. The molecular formula is C23H24N4. The maximum Gasteiger partial charge on any atom is 0.108 e. The second-order valence-electron chi connectivity index (χ2n) is 7.60. The van der Waals surface area contributed by atoms with Crippen LogP contribution < -0.4 is 0 Å². The summed E-state index contributed by atoms with van der Waals surface area (Å²) in [4.78, 5) is 15.3. The topological polar surface area (TPSA) is 44.8 Å². The van der Waals surface area contributed by atoms with Gasteiger partial charge in [-0.25, -0.2) is 4.98 Å². The molecule has 1 N–H and O–H groups in total. The number of imidazole rings is 1. The van der Waals surface area contributed by atoms with Crippen LogP contribution in [0, 0.1) is 0 Å². The summed E-state index contributed by atoms with van der Waals surface area (Å²) in [5.74, 6) is 1.09. The molecule has 5 rings (SSSR count). The van der Waals surface area contributed by atoms with Crippen molar-refractivity contribution < 1.29 is 0 Å². The minimum atomic E-state index is 0.711. The maximum absolute atomic E-state index is 4.79. The zero-order valence-electron chi connectivity index (χ0n) is 15.7. The van der Waals surface area contributed by atoms with Gasteiger partial charge in [-0.3, -0.25) is 4.98 Å². The fourth-order valence-corrected chi connectivity index (χ4v) is 4.19. The van der Waals surface area contributed by atoms with Crippen molar-refractivity contribution in [1.82, 2.24) is 19.9 Å². The zero-order valence-corrected chi connectivity index (χ0v) is 15.7. The second kappa shape index (κ2) is 6.78. The van der Waals surface area contributed by atoms with Crippen molar-refractivity contribution in [1.29, 1.82) is 0 Å². The summed E-state index contributed by atoms with van der Waals surface area (Å²) >= 11 is 0. The van der Waals surface area contributed by atoms with Gasteiger partial charge in [0.25, 0.3) is 0 Å². The van der Waals surface area contributed by atoms with Gasteiger partial charge in [-0.1, -0.05) is 18.2 Å². The van der Waals surface area contributed by atoms with Gasteiger partial charge < -0.3 is 9.88 Å². The van der Waals surface area contributed by atoms with Crippen LogP contribution in [0.15, 0.2) is 54.7 Å². The molecular weight excluding hydrogens is 332 g/mol. The molecule has 4 heteroatoms. The van der Waals surface area contributed by atoms with Crippen LogP contribution in [-0.2, 0) is 6.42 Å². The molecule has 0 bridgehead atoms. The van der Waals surface area contributed by atoms with E-state index >= 15 is 0 Å². The third-order valence-corrected chi connectivity index (χ3v) is 5.79. The van der Waals surface area contributed by atoms with Gasteiger partial charge in [0.2, 0.25) is 0 Å². The van der Waals surface area contributed by atoms with Crippen LogP contribution in [0.4, 0.5) is 0 Å². The van der Waals surface area contributed by atoms with Gasteiger partial charge in [0.15, 0.2) is 0 Å². The van der Waals surface area contributed by atoms with E-state index in [-0.39, 0.29) is 0 Å². The summed E-state index contributed by atoms with van der Waals surface area (Å²) in [6.07, 6.45) is 5.47. The van der Waals surface area contributed by atoms with Crippen molar-refractivity contribution in [3.05, 3.63) is 60.6 Å². The number of aromatic nitrogens is 3. The average Bonchev–Trinajstić information content (AvgIpc) is 3.30. The van der Waals surface area contributed by atoms with Crippen molar-refractivity contribution in [2.45, 2.75) is 32.2 Å². The summed E-state index contributed by atoms with van der Waals surface area (Å²) < 4.78 is 0. The van der Waals surface area contributed by atoms with Crippen LogP contribution >= 0.6 is 0 Å². The minimum absolute atomic E-state index is 0.711. The number of hydrogen-bond donors (Lipinski definition) is 1. The van der Waals surface area contributed by atoms with Gasteiger partial charge in [-0.2, -0.15) is 0 Å². The molecule has 27 heavy (non-hydrogen) atoms. The lowest BCUT2D eigenvalue weighted by atomic mass is 10.0. The zero-order chi connectivity index (χ0) is 18.2. The van der Waals surface area contributed by atoms with E-state index in [1.807, 2.05) is 12.3 Å². The first-order valence-electron chi connectivity index (χ1n) is 9.84. The third kappa shape index (κ3) is 3.21. The van der Waals surface area contributed by atoms with E-state index in [4.69, 9.17) is 4.98 Å². The number of pyridine rings is 1. The number of benzene rings is 2. The Kier molecular flexibility index (Phi) is 4.13. The number of aromatic amines is 1. The Balaban J connectivity index is 1.41. The van der Waals surface area contributed by atoms with Crippen LogP contribution in [0.25, 0.3) is 33.1 Å². The van der Waals surface area contributed by atoms with Crippen LogP contribution in [0.1, 0.15) is 25.6 Å². The summed E-state index contributed by atoms with van der Waals surface area (Å²) in [6.45, 7) is 4.64. The smallest absolute Gasteiger partial charge is 0.108 e.